The third kappa shape index (κ3) is 3.41. The van der Waals surface area contributed by atoms with Crippen LogP contribution in [0.15, 0.2) is 12.3 Å². The second-order valence-corrected chi connectivity index (χ2v) is 8.63. The molecule has 5 rings (SSSR count). The fourth-order valence-corrected chi connectivity index (χ4v) is 5.77. The van der Waals surface area contributed by atoms with Gasteiger partial charge in [-0.25, -0.2) is 4.79 Å². The van der Waals surface area contributed by atoms with Crippen LogP contribution >= 0.6 is 0 Å². The Labute approximate surface area is 153 Å². The summed E-state index contributed by atoms with van der Waals surface area (Å²) >= 11 is 0. The smallest absolute Gasteiger partial charge is 0.355 e. The van der Waals surface area contributed by atoms with Gasteiger partial charge in [-0.1, -0.05) is 0 Å². The Balaban J connectivity index is 1.25. The maximum atomic E-state index is 12.1. The first kappa shape index (κ1) is 17.3. The van der Waals surface area contributed by atoms with Gasteiger partial charge < -0.3 is 15.0 Å². The van der Waals surface area contributed by atoms with Gasteiger partial charge in [-0.2, -0.15) is 0 Å². The van der Waals surface area contributed by atoms with Crippen molar-refractivity contribution in [2.75, 3.05) is 13.2 Å². The molecule has 1 aromatic heterocycles. The van der Waals surface area contributed by atoms with E-state index in [1.807, 2.05) is 0 Å². The average Bonchev–Trinajstić information content (AvgIpc) is 3.07. The number of nitrogens with one attached hydrogen (secondary N) is 2. The van der Waals surface area contributed by atoms with Gasteiger partial charge in [0.1, 0.15) is 5.69 Å². The standard InChI is InChI=1S/C20H26N2O4/c1-12(23)16-5-17(21-9-16)19(25)26-10-18(24)22-11-20-6-13-2-14(7-20)4-15(3-13)8-20/h5,9,13-15,21H,2-4,6-8,10-11H2,1H3,(H,22,24). The van der Waals surface area contributed by atoms with Crippen molar-refractivity contribution >= 4 is 17.7 Å². The summed E-state index contributed by atoms with van der Waals surface area (Å²) in [5, 5.41) is 2.99. The van der Waals surface area contributed by atoms with Gasteiger partial charge in [-0.3, -0.25) is 9.59 Å². The number of rotatable bonds is 6. The molecule has 1 aromatic rings. The van der Waals surface area contributed by atoms with Gasteiger partial charge in [0, 0.05) is 18.3 Å². The lowest BCUT2D eigenvalue weighted by molar-refractivity contribution is -0.126. The molecule has 0 saturated heterocycles. The fraction of sp³-hybridized carbons (Fsp3) is 0.650. The molecular formula is C20H26N2O4. The molecule has 0 aliphatic heterocycles. The first-order valence-electron chi connectivity index (χ1n) is 9.56. The highest BCUT2D eigenvalue weighted by Crippen LogP contribution is 2.59. The van der Waals surface area contributed by atoms with Gasteiger partial charge >= 0.3 is 5.97 Å². The minimum atomic E-state index is -0.623. The number of aromatic nitrogens is 1. The van der Waals surface area contributed by atoms with Crippen molar-refractivity contribution in [3.8, 4) is 0 Å². The largest absolute Gasteiger partial charge is 0.451 e. The van der Waals surface area contributed by atoms with E-state index in [4.69, 9.17) is 4.74 Å². The van der Waals surface area contributed by atoms with E-state index in [0.29, 0.717) is 12.1 Å². The number of hydrogen-bond acceptors (Lipinski definition) is 4. The van der Waals surface area contributed by atoms with Crippen LogP contribution in [-0.4, -0.2) is 35.8 Å². The lowest BCUT2D eigenvalue weighted by atomic mass is 9.49. The molecule has 0 unspecified atom stereocenters. The molecule has 2 N–H and O–H groups in total. The molecule has 4 aliphatic rings. The Kier molecular flexibility index (Phi) is 4.37. The van der Waals surface area contributed by atoms with Crippen molar-refractivity contribution in [2.24, 2.45) is 23.2 Å². The maximum absolute atomic E-state index is 12.1. The van der Waals surface area contributed by atoms with Crippen molar-refractivity contribution in [1.29, 1.82) is 0 Å². The predicted octanol–water partition coefficient (Wildman–Crippen LogP) is 2.71. The highest BCUT2D eigenvalue weighted by Gasteiger charge is 2.50. The highest BCUT2D eigenvalue weighted by atomic mass is 16.5. The van der Waals surface area contributed by atoms with E-state index < -0.39 is 5.97 Å². The zero-order chi connectivity index (χ0) is 18.3. The van der Waals surface area contributed by atoms with Crippen LogP contribution in [0.4, 0.5) is 0 Å². The normalized spacial score (nSPS) is 31.7. The summed E-state index contributed by atoms with van der Waals surface area (Å²) in [6, 6.07) is 1.44. The number of carbonyl (C=O) groups is 3. The summed E-state index contributed by atoms with van der Waals surface area (Å²) in [7, 11) is 0. The Morgan fingerprint density at radius 1 is 1.15 bits per heavy atom. The molecule has 0 aromatic carbocycles. The van der Waals surface area contributed by atoms with E-state index >= 15 is 0 Å². The van der Waals surface area contributed by atoms with Gasteiger partial charge in [-0.15, -0.1) is 0 Å². The SMILES string of the molecule is CC(=O)c1c[nH]c(C(=O)OCC(=O)NCC23CC4CC(CC(C4)C2)C3)c1. The number of hydrogen-bond donors (Lipinski definition) is 2. The van der Waals surface area contributed by atoms with E-state index in [-0.39, 0.29) is 29.4 Å². The predicted molar refractivity (Wildman–Crippen MR) is 94.7 cm³/mol. The van der Waals surface area contributed by atoms with Crippen LogP contribution in [0.3, 0.4) is 0 Å². The van der Waals surface area contributed by atoms with Gasteiger partial charge in [-0.05, 0) is 74.7 Å². The maximum Gasteiger partial charge on any atom is 0.355 e. The zero-order valence-corrected chi connectivity index (χ0v) is 15.2. The molecule has 0 atom stereocenters. The summed E-state index contributed by atoms with van der Waals surface area (Å²) in [4.78, 5) is 38.1. The Hall–Kier alpha value is -2.11. The van der Waals surface area contributed by atoms with Gasteiger partial charge in [0.15, 0.2) is 12.4 Å². The van der Waals surface area contributed by atoms with Crippen LogP contribution < -0.4 is 5.32 Å². The second kappa shape index (κ2) is 6.56. The number of ketones is 1. The van der Waals surface area contributed by atoms with Crippen LogP contribution in [0, 0.1) is 23.2 Å². The zero-order valence-electron chi connectivity index (χ0n) is 15.2. The van der Waals surface area contributed by atoms with Crippen LogP contribution in [0.5, 0.6) is 0 Å². The number of Topliss-reactive ketones (excluding diaryl/α,β-unsaturated/α-hetero) is 1. The van der Waals surface area contributed by atoms with Crippen LogP contribution in [0.2, 0.25) is 0 Å². The monoisotopic (exact) mass is 358 g/mol. The van der Waals surface area contributed by atoms with E-state index in [1.54, 1.807) is 0 Å². The lowest BCUT2D eigenvalue weighted by Gasteiger charge is -2.56. The van der Waals surface area contributed by atoms with E-state index in [2.05, 4.69) is 10.3 Å². The van der Waals surface area contributed by atoms with Crippen molar-refractivity contribution in [2.45, 2.75) is 45.4 Å². The minimum Gasteiger partial charge on any atom is -0.451 e. The van der Waals surface area contributed by atoms with Crippen LogP contribution in [0.25, 0.3) is 0 Å². The van der Waals surface area contributed by atoms with E-state index in [9.17, 15) is 14.4 Å². The summed E-state index contributed by atoms with van der Waals surface area (Å²) in [5.41, 5.74) is 0.872. The van der Waals surface area contributed by atoms with Gasteiger partial charge in [0.05, 0.1) is 0 Å². The first-order valence-corrected chi connectivity index (χ1v) is 9.56. The Morgan fingerprint density at radius 2 is 1.77 bits per heavy atom. The molecule has 6 nitrogen and oxygen atoms in total. The van der Waals surface area contributed by atoms with Crippen molar-refractivity contribution in [1.82, 2.24) is 10.3 Å². The van der Waals surface area contributed by atoms with Crippen molar-refractivity contribution < 1.29 is 19.1 Å². The average molecular weight is 358 g/mol. The number of aromatic amines is 1. The summed E-state index contributed by atoms with van der Waals surface area (Å²) in [6.07, 6.45) is 9.29. The molecule has 4 fully saturated rings. The minimum absolute atomic E-state index is 0.131. The molecule has 0 spiro atoms. The third-order valence-electron chi connectivity index (χ3n) is 6.47. The molecule has 0 radical (unpaired) electrons. The first-order chi connectivity index (χ1) is 12.4. The number of esters is 1. The lowest BCUT2D eigenvalue weighted by Crippen LogP contribution is -2.51. The van der Waals surface area contributed by atoms with Crippen LogP contribution in [0.1, 0.15) is 66.3 Å². The Bertz CT molecular complexity index is 701. The quantitative estimate of drug-likeness (QED) is 0.604. The van der Waals surface area contributed by atoms with E-state index in [0.717, 1.165) is 17.8 Å². The van der Waals surface area contributed by atoms with Gasteiger partial charge in [0.25, 0.3) is 5.91 Å². The molecule has 4 bridgehead atoms. The second-order valence-electron chi connectivity index (χ2n) is 8.63. The summed E-state index contributed by atoms with van der Waals surface area (Å²) in [5.74, 6) is 1.53. The number of carbonyl (C=O) groups excluding carboxylic acids is 3. The van der Waals surface area contributed by atoms with Gasteiger partial charge in [0.2, 0.25) is 0 Å². The molecule has 140 valence electrons. The molecule has 6 heteroatoms. The molecule has 26 heavy (non-hydrogen) atoms. The van der Waals surface area contributed by atoms with E-state index in [1.165, 1.54) is 57.7 Å². The molecular weight excluding hydrogens is 332 g/mol. The number of amides is 1. The molecule has 1 amide bonds. The summed E-state index contributed by atoms with van der Waals surface area (Å²) in [6.45, 7) is 1.83. The third-order valence-corrected chi connectivity index (χ3v) is 6.47. The molecule has 1 heterocycles. The number of ether oxygens (including phenoxy) is 1. The Morgan fingerprint density at radius 3 is 2.31 bits per heavy atom. The fourth-order valence-electron chi connectivity index (χ4n) is 5.77. The van der Waals surface area contributed by atoms with Crippen molar-refractivity contribution in [3.63, 3.8) is 0 Å². The molecule has 4 saturated carbocycles. The van der Waals surface area contributed by atoms with Crippen molar-refractivity contribution in [3.05, 3.63) is 23.5 Å². The van der Waals surface area contributed by atoms with Crippen LogP contribution in [-0.2, 0) is 9.53 Å². The number of H-pyrrole nitrogens is 1. The summed E-state index contributed by atoms with van der Waals surface area (Å²) < 4.78 is 5.06. The highest BCUT2D eigenvalue weighted by molar-refractivity contribution is 5.97. The topological polar surface area (TPSA) is 88.3 Å². The molecule has 4 aliphatic carbocycles.